The minimum Gasteiger partial charge on any atom is -0.357 e. The molecule has 1 unspecified atom stereocenters. The summed E-state index contributed by atoms with van der Waals surface area (Å²) in [5.74, 6) is 1.12. The van der Waals surface area contributed by atoms with Gasteiger partial charge in [-0.1, -0.05) is 37.6 Å². The van der Waals surface area contributed by atoms with Crippen molar-refractivity contribution in [3.63, 3.8) is 0 Å². The van der Waals surface area contributed by atoms with Gasteiger partial charge in [-0.2, -0.15) is 0 Å². The van der Waals surface area contributed by atoms with Gasteiger partial charge in [0.2, 0.25) is 0 Å². The molecule has 0 bridgehead atoms. The summed E-state index contributed by atoms with van der Waals surface area (Å²) in [7, 11) is -2.91. The molecule has 0 spiro atoms. The number of hydrogen-bond donors (Lipinski definition) is 2. The van der Waals surface area contributed by atoms with E-state index in [1.165, 1.54) is 5.56 Å². The maximum atomic E-state index is 11.7. The maximum Gasteiger partial charge on any atom is 0.191 e. The van der Waals surface area contributed by atoms with E-state index in [4.69, 9.17) is 16.6 Å². The number of aliphatic imine (C=N–C) groups is 1. The summed E-state index contributed by atoms with van der Waals surface area (Å²) in [6.07, 6.45) is 2.56. The van der Waals surface area contributed by atoms with E-state index in [9.17, 15) is 8.42 Å². The second-order valence-electron chi connectivity index (χ2n) is 6.93. The molecule has 1 aliphatic heterocycles. The van der Waals surface area contributed by atoms with Crippen LogP contribution in [0, 0.1) is 0 Å². The second kappa shape index (κ2) is 10.9. The van der Waals surface area contributed by atoms with E-state index in [2.05, 4.69) is 36.6 Å². The van der Waals surface area contributed by atoms with E-state index in [1.54, 1.807) is 0 Å². The van der Waals surface area contributed by atoms with E-state index < -0.39 is 9.84 Å². The van der Waals surface area contributed by atoms with Gasteiger partial charge >= 0.3 is 0 Å². The Bertz CT molecular complexity index is 719. The summed E-state index contributed by atoms with van der Waals surface area (Å²) in [5, 5.41) is 7.27. The molecule has 27 heavy (non-hydrogen) atoms. The van der Waals surface area contributed by atoms with Gasteiger partial charge in [0.05, 0.1) is 18.1 Å². The number of halogens is 2. The molecule has 1 aromatic carbocycles. The molecule has 1 heterocycles. The van der Waals surface area contributed by atoms with Crippen LogP contribution in [0.4, 0.5) is 0 Å². The number of sulfone groups is 1. The van der Waals surface area contributed by atoms with Gasteiger partial charge in [-0.05, 0) is 43.9 Å². The van der Waals surface area contributed by atoms with Crippen molar-refractivity contribution in [3.05, 3.63) is 34.9 Å². The average molecular weight is 528 g/mol. The number of nitrogens with one attached hydrogen (secondary N) is 2. The van der Waals surface area contributed by atoms with Gasteiger partial charge in [0.25, 0.3) is 0 Å². The molecule has 1 atom stereocenters. The molecular formula is C19H31ClIN3O2S. The highest BCUT2D eigenvalue weighted by Gasteiger charge is 2.30. The quantitative estimate of drug-likeness (QED) is 0.322. The van der Waals surface area contributed by atoms with Crippen LogP contribution in [0.15, 0.2) is 29.3 Å². The molecular weight excluding hydrogens is 497 g/mol. The van der Waals surface area contributed by atoms with Crippen LogP contribution in [0.1, 0.15) is 45.6 Å². The SMILES string of the molecule is CCNC(=NCC(CC)(CC)c1ccc(Cl)cc1)NC1CCS(=O)(=O)C1.I. The summed E-state index contributed by atoms with van der Waals surface area (Å²) in [5.41, 5.74) is 1.17. The van der Waals surface area contributed by atoms with Crippen LogP contribution in [0.2, 0.25) is 5.02 Å². The molecule has 2 rings (SSSR count). The average Bonchev–Trinajstić information content (AvgIpc) is 2.96. The molecule has 1 aromatic rings. The first-order valence-electron chi connectivity index (χ1n) is 9.35. The Labute approximate surface area is 185 Å². The van der Waals surface area contributed by atoms with Crippen molar-refractivity contribution in [3.8, 4) is 0 Å². The second-order valence-corrected chi connectivity index (χ2v) is 9.60. The lowest BCUT2D eigenvalue weighted by Gasteiger charge is -2.31. The Morgan fingerprint density at radius 3 is 2.33 bits per heavy atom. The van der Waals surface area contributed by atoms with Gasteiger partial charge in [0.15, 0.2) is 15.8 Å². The van der Waals surface area contributed by atoms with Gasteiger partial charge < -0.3 is 10.6 Å². The molecule has 0 radical (unpaired) electrons. The predicted molar refractivity (Wildman–Crippen MR) is 125 cm³/mol. The lowest BCUT2D eigenvalue weighted by Crippen LogP contribution is -2.44. The van der Waals surface area contributed by atoms with Crippen LogP contribution < -0.4 is 10.6 Å². The molecule has 154 valence electrons. The summed E-state index contributed by atoms with van der Waals surface area (Å²) >= 11 is 6.04. The van der Waals surface area contributed by atoms with Crippen LogP contribution in [0.25, 0.3) is 0 Å². The fraction of sp³-hybridized carbons (Fsp3) is 0.632. The zero-order valence-electron chi connectivity index (χ0n) is 16.3. The number of hydrogen-bond acceptors (Lipinski definition) is 3. The highest BCUT2D eigenvalue weighted by molar-refractivity contribution is 14.0. The molecule has 0 amide bonds. The molecule has 5 nitrogen and oxygen atoms in total. The van der Waals surface area contributed by atoms with Crippen LogP contribution in [0.3, 0.4) is 0 Å². The summed E-state index contributed by atoms with van der Waals surface area (Å²) < 4.78 is 23.4. The van der Waals surface area contributed by atoms with Gasteiger partial charge in [-0.15, -0.1) is 24.0 Å². The van der Waals surface area contributed by atoms with Crippen molar-refractivity contribution in [2.75, 3.05) is 24.6 Å². The predicted octanol–water partition coefficient (Wildman–Crippen LogP) is 3.76. The van der Waals surface area contributed by atoms with Crippen molar-refractivity contribution in [1.82, 2.24) is 10.6 Å². The monoisotopic (exact) mass is 527 g/mol. The molecule has 1 saturated heterocycles. The van der Waals surface area contributed by atoms with Crippen LogP contribution in [-0.2, 0) is 15.3 Å². The van der Waals surface area contributed by atoms with Crippen LogP contribution in [0.5, 0.6) is 0 Å². The molecule has 1 aliphatic rings. The third-order valence-corrected chi connectivity index (χ3v) is 7.29. The molecule has 0 aliphatic carbocycles. The fourth-order valence-electron chi connectivity index (χ4n) is 3.43. The first-order valence-corrected chi connectivity index (χ1v) is 11.6. The summed E-state index contributed by atoms with van der Waals surface area (Å²) in [6.45, 7) is 7.73. The van der Waals surface area contributed by atoms with Crippen molar-refractivity contribution < 1.29 is 8.42 Å². The Balaban J connectivity index is 0.00000364. The Hall–Kier alpha value is -0.540. The van der Waals surface area contributed by atoms with E-state index in [-0.39, 0.29) is 46.9 Å². The zero-order valence-corrected chi connectivity index (χ0v) is 20.2. The zero-order chi connectivity index (χ0) is 19.2. The van der Waals surface area contributed by atoms with Gasteiger partial charge in [-0.25, -0.2) is 8.42 Å². The van der Waals surface area contributed by atoms with Crippen LogP contribution in [-0.4, -0.2) is 45.0 Å². The standard InChI is InChI=1S/C19H30ClN3O2S.HI/c1-4-19(5-2,15-7-9-16(20)10-8-15)14-22-18(21-6-3)23-17-11-12-26(24,25)13-17;/h7-10,17H,4-6,11-14H2,1-3H3,(H2,21,22,23);1H. The van der Waals surface area contributed by atoms with Crippen LogP contribution >= 0.6 is 35.6 Å². The number of benzene rings is 1. The highest BCUT2D eigenvalue weighted by atomic mass is 127. The van der Waals surface area contributed by atoms with E-state index >= 15 is 0 Å². The Kier molecular flexibility index (Phi) is 9.85. The largest absolute Gasteiger partial charge is 0.357 e. The van der Waals surface area contributed by atoms with Gasteiger partial charge in [0, 0.05) is 23.0 Å². The number of guanidine groups is 1. The van der Waals surface area contributed by atoms with Gasteiger partial charge in [-0.3, -0.25) is 4.99 Å². The van der Waals surface area contributed by atoms with E-state index in [1.807, 2.05) is 19.1 Å². The van der Waals surface area contributed by atoms with Crippen molar-refractivity contribution >= 4 is 51.4 Å². The van der Waals surface area contributed by atoms with Crippen molar-refractivity contribution in [1.29, 1.82) is 0 Å². The molecule has 0 saturated carbocycles. The third kappa shape index (κ3) is 6.78. The van der Waals surface area contributed by atoms with E-state index in [0.29, 0.717) is 18.9 Å². The maximum absolute atomic E-state index is 11.7. The lowest BCUT2D eigenvalue weighted by atomic mass is 9.76. The molecule has 8 heteroatoms. The first kappa shape index (κ1) is 24.5. The number of rotatable bonds is 7. The Morgan fingerprint density at radius 2 is 1.85 bits per heavy atom. The molecule has 0 aromatic heterocycles. The fourth-order valence-corrected chi connectivity index (χ4v) is 5.23. The number of nitrogens with zero attached hydrogens (tertiary/aromatic N) is 1. The summed E-state index contributed by atoms with van der Waals surface area (Å²) in [6, 6.07) is 7.94. The third-order valence-electron chi connectivity index (χ3n) is 5.27. The summed E-state index contributed by atoms with van der Waals surface area (Å²) in [4.78, 5) is 4.80. The molecule has 2 N–H and O–H groups in total. The van der Waals surface area contributed by atoms with Crippen molar-refractivity contribution in [2.24, 2.45) is 4.99 Å². The normalized spacial score (nSPS) is 19.4. The topological polar surface area (TPSA) is 70.6 Å². The minimum absolute atomic E-state index is 0. The first-order chi connectivity index (χ1) is 12.3. The minimum atomic E-state index is -2.91. The van der Waals surface area contributed by atoms with Gasteiger partial charge in [0.1, 0.15) is 0 Å². The highest BCUT2D eigenvalue weighted by Crippen LogP contribution is 2.32. The smallest absolute Gasteiger partial charge is 0.191 e. The molecule has 1 fully saturated rings. The lowest BCUT2D eigenvalue weighted by molar-refractivity contribution is 0.406. The van der Waals surface area contributed by atoms with E-state index in [0.717, 1.165) is 24.4 Å². The van der Waals surface area contributed by atoms with Crippen molar-refractivity contribution in [2.45, 2.75) is 51.5 Å². The Morgan fingerprint density at radius 1 is 1.22 bits per heavy atom.